The van der Waals surface area contributed by atoms with E-state index in [1.54, 1.807) is 0 Å². The number of aryl methyl sites for hydroxylation is 1. The highest BCUT2D eigenvalue weighted by Gasteiger charge is 2.08. The lowest BCUT2D eigenvalue weighted by atomic mass is 10.1. The van der Waals surface area contributed by atoms with Crippen LogP contribution in [-0.2, 0) is 0 Å². The first-order valence-corrected chi connectivity index (χ1v) is 6.01. The first kappa shape index (κ1) is 14.3. The number of oxime groups is 1. The van der Waals surface area contributed by atoms with Crippen molar-refractivity contribution in [1.82, 2.24) is 0 Å². The van der Waals surface area contributed by atoms with Crippen LogP contribution in [0.4, 0.5) is 0 Å². The molecule has 0 bridgehead atoms. The second-order valence-corrected chi connectivity index (χ2v) is 4.12. The Morgan fingerprint density at radius 3 is 2.78 bits per heavy atom. The van der Waals surface area contributed by atoms with Gasteiger partial charge in [-0.2, -0.15) is 0 Å². The average molecular weight is 252 g/mol. The number of hydrogen-bond acceptors (Lipinski definition) is 4. The molecule has 1 aromatic rings. The van der Waals surface area contributed by atoms with E-state index in [4.69, 9.17) is 20.8 Å². The highest BCUT2D eigenvalue weighted by molar-refractivity contribution is 5.99. The summed E-state index contributed by atoms with van der Waals surface area (Å²) in [6.45, 7) is 2.69. The van der Waals surface area contributed by atoms with E-state index in [1.807, 2.05) is 25.1 Å². The lowest BCUT2D eigenvalue weighted by molar-refractivity contribution is 0.265. The number of benzene rings is 1. The maximum absolute atomic E-state index is 8.72. The average Bonchev–Trinajstić information content (AvgIpc) is 2.39. The number of aliphatic hydroxyl groups is 1. The summed E-state index contributed by atoms with van der Waals surface area (Å²) in [7, 11) is 0. The van der Waals surface area contributed by atoms with Crippen LogP contribution in [0.1, 0.15) is 30.4 Å². The van der Waals surface area contributed by atoms with E-state index < -0.39 is 0 Å². The van der Waals surface area contributed by atoms with Gasteiger partial charge in [-0.3, -0.25) is 0 Å². The van der Waals surface area contributed by atoms with Crippen molar-refractivity contribution < 1.29 is 15.1 Å². The summed E-state index contributed by atoms with van der Waals surface area (Å²) in [5.74, 6) is 0.656. The SMILES string of the molecule is Cc1ccc(OCCCCCO)c(/C(N)=N/O)c1. The second kappa shape index (κ2) is 7.55. The summed E-state index contributed by atoms with van der Waals surface area (Å²) in [5, 5.41) is 20.4. The fourth-order valence-electron chi connectivity index (χ4n) is 1.60. The van der Waals surface area contributed by atoms with Gasteiger partial charge in [-0.05, 0) is 38.3 Å². The molecule has 100 valence electrons. The molecule has 0 aromatic heterocycles. The summed E-state index contributed by atoms with van der Waals surface area (Å²) in [5.41, 5.74) is 7.22. The molecule has 0 fully saturated rings. The van der Waals surface area contributed by atoms with Crippen LogP contribution in [0.2, 0.25) is 0 Å². The van der Waals surface area contributed by atoms with Crippen LogP contribution < -0.4 is 10.5 Å². The molecule has 0 saturated carbocycles. The summed E-state index contributed by atoms with van der Waals surface area (Å²) in [4.78, 5) is 0. The Morgan fingerprint density at radius 1 is 1.33 bits per heavy atom. The van der Waals surface area contributed by atoms with Gasteiger partial charge in [0.2, 0.25) is 0 Å². The van der Waals surface area contributed by atoms with Crippen molar-refractivity contribution in [2.75, 3.05) is 13.2 Å². The van der Waals surface area contributed by atoms with Crippen molar-refractivity contribution >= 4 is 5.84 Å². The molecule has 1 aromatic carbocycles. The van der Waals surface area contributed by atoms with E-state index in [0.29, 0.717) is 17.9 Å². The van der Waals surface area contributed by atoms with Crippen molar-refractivity contribution in [1.29, 1.82) is 0 Å². The molecule has 0 aliphatic heterocycles. The van der Waals surface area contributed by atoms with E-state index >= 15 is 0 Å². The van der Waals surface area contributed by atoms with Gasteiger partial charge in [0.25, 0.3) is 0 Å². The number of nitrogens with zero attached hydrogens (tertiary/aromatic N) is 1. The number of nitrogens with two attached hydrogens (primary N) is 1. The Balaban J connectivity index is 2.64. The third kappa shape index (κ3) is 4.25. The number of hydrogen-bond donors (Lipinski definition) is 3. The normalized spacial score (nSPS) is 11.6. The molecule has 0 spiro atoms. The first-order valence-electron chi connectivity index (χ1n) is 6.01. The molecule has 5 nitrogen and oxygen atoms in total. The summed E-state index contributed by atoms with van der Waals surface area (Å²) in [6, 6.07) is 5.55. The molecule has 5 heteroatoms. The fourth-order valence-corrected chi connectivity index (χ4v) is 1.60. The lowest BCUT2D eigenvalue weighted by Crippen LogP contribution is -2.15. The number of rotatable bonds is 7. The fraction of sp³-hybridized carbons (Fsp3) is 0.462. The zero-order valence-corrected chi connectivity index (χ0v) is 10.6. The van der Waals surface area contributed by atoms with Gasteiger partial charge >= 0.3 is 0 Å². The molecule has 0 unspecified atom stereocenters. The van der Waals surface area contributed by atoms with E-state index in [2.05, 4.69) is 5.16 Å². The maximum atomic E-state index is 8.72. The van der Waals surface area contributed by atoms with Gasteiger partial charge in [0.1, 0.15) is 5.75 Å². The van der Waals surface area contributed by atoms with Crippen LogP contribution in [0.25, 0.3) is 0 Å². The molecule has 0 aliphatic carbocycles. The molecule has 18 heavy (non-hydrogen) atoms. The van der Waals surface area contributed by atoms with Crippen molar-refractivity contribution in [3.63, 3.8) is 0 Å². The predicted octanol–water partition coefficient (Wildman–Crippen LogP) is 1.63. The minimum atomic E-state index is 0.0454. The molecule has 4 N–H and O–H groups in total. The Hall–Kier alpha value is -1.75. The number of aliphatic hydroxyl groups excluding tert-OH is 1. The molecule has 0 radical (unpaired) electrons. The smallest absolute Gasteiger partial charge is 0.173 e. The molecule has 1 rings (SSSR count). The van der Waals surface area contributed by atoms with E-state index in [9.17, 15) is 0 Å². The van der Waals surface area contributed by atoms with Crippen LogP contribution in [-0.4, -0.2) is 29.4 Å². The van der Waals surface area contributed by atoms with Gasteiger partial charge < -0.3 is 20.8 Å². The standard InChI is InChI=1S/C13H20N2O3/c1-10-5-6-12(11(9-10)13(14)15-17)18-8-4-2-3-7-16/h5-6,9,16-17H,2-4,7-8H2,1H3,(H2,14,15). The molecule has 0 heterocycles. The van der Waals surface area contributed by atoms with Crippen LogP contribution in [0.15, 0.2) is 23.4 Å². The van der Waals surface area contributed by atoms with Gasteiger partial charge in [-0.25, -0.2) is 0 Å². The van der Waals surface area contributed by atoms with Crippen molar-refractivity contribution in [2.45, 2.75) is 26.2 Å². The Labute approximate surface area is 107 Å². The lowest BCUT2D eigenvalue weighted by Gasteiger charge is -2.11. The second-order valence-electron chi connectivity index (χ2n) is 4.12. The zero-order valence-electron chi connectivity index (χ0n) is 10.6. The highest BCUT2D eigenvalue weighted by atomic mass is 16.5. The third-order valence-corrected chi connectivity index (χ3v) is 2.58. The van der Waals surface area contributed by atoms with Crippen LogP contribution >= 0.6 is 0 Å². The van der Waals surface area contributed by atoms with E-state index in [-0.39, 0.29) is 12.4 Å². The first-order chi connectivity index (χ1) is 8.69. The van der Waals surface area contributed by atoms with E-state index in [0.717, 1.165) is 24.8 Å². The number of ether oxygens (including phenoxy) is 1. The minimum absolute atomic E-state index is 0.0454. The van der Waals surface area contributed by atoms with Gasteiger partial charge in [0.15, 0.2) is 5.84 Å². The molecular formula is C13H20N2O3. The zero-order chi connectivity index (χ0) is 13.4. The van der Waals surface area contributed by atoms with Gasteiger partial charge in [0.05, 0.1) is 12.2 Å². The molecule has 0 aliphatic rings. The van der Waals surface area contributed by atoms with E-state index in [1.165, 1.54) is 0 Å². The van der Waals surface area contributed by atoms with Crippen LogP contribution in [0.3, 0.4) is 0 Å². The predicted molar refractivity (Wildman–Crippen MR) is 70.1 cm³/mol. The van der Waals surface area contributed by atoms with Gasteiger partial charge in [-0.15, -0.1) is 0 Å². The Kier molecular flexibility index (Phi) is 6.00. The molecular weight excluding hydrogens is 232 g/mol. The van der Waals surface area contributed by atoms with Crippen molar-refractivity contribution in [3.05, 3.63) is 29.3 Å². The quantitative estimate of drug-likeness (QED) is 0.226. The molecule has 0 saturated heterocycles. The van der Waals surface area contributed by atoms with Gasteiger partial charge in [-0.1, -0.05) is 16.8 Å². The summed E-state index contributed by atoms with van der Waals surface area (Å²) in [6.07, 6.45) is 2.57. The summed E-state index contributed by atoms with van der Waals surface area (Å²) < 4.78 is 5.61. The largest absolute Gasteiger partial charge is 0.493 e. The van der Waals surface area contributed by atoms with Crippen LogP contribution in [0, 0.1) is 6.92 Å². The van der Waals surface area contributed by atoms with Crippen molar-refractivity contribution in [3.8, 4) is 5.75 Å². The topological polar surface area (TPSA) is 88.1 Å². The molecule has 0 amide bonds. The number of unbranched alkanes of at least 4 members (excludes halogenated alkanes) is 2. The van der Waals surface area contributed by atoms with Crippen molar-refractivity contribution in [2.24, 2.45) is 10.9 Å². The number of amidine groups is 1. The minimum Gasteiger partial charge on any atom is -0.493 e. The summed E-state index contributed by atoms with van der Waals surface area (Å²) >= 11 is 0. The van der Waals surface area contributed by atoms with Crippen LogP contribution in [0.5, 0.6) is 5.75 Å². The monoisotopic (exact) mass is 252 g/mol. The van der Waals surface area contributed by atoms with Gasteiger partial charge in [0, 0.05) is 6.61 Å². The maximum Gasteiger partial charge on any atom is 0.173 e. The Morgan fingerprint density at radius 2 is 2.11 bits per heavy atom. The third-order valence-electron chi connectivity index (χ3n) is 2.58. The Bertz CT molecular complexity index is 405. The highest BCUT2D eigenvalue weighted by Crippen LogP contribution is 2.20. The molecule has 0 atom stereocenters.